The van der Waals surface area contributed by atoms with Crippen LogP contribution in [0.1, 0.15) is 5.56 Å². The Morgan fingerprint density at radius 3 is 2.61 bits per heavy atom. The second-order valence-electron chi connectivity index (χ2n) is 3.68. The summed E-state index contributed by atoms with van der Waals surface area (Å²) in [6.07, 6.45) is 1.39. The van der Waals surface area contributed by atoms with E-state index in [0.717, 1.165) is 10.6 Å². The number of halogens is 1. The zero-order chi connectivity index (χ0) is 13.1. The zero-order valence-corrected chi connectivity index (χ0v) is 9.25. The van der Waals surface area contributed by atoms with Crippen LogP contribution in [0.3, 0.4) is 0 Å². The van der Waals surface area contributed by atoms with Gasteiger partial charge >= 0.3 is 11.2 Å². The lowest BCUT2D eigenvalue weighted by atomic mass is 10.2. The van der Waals surface area contributed by atoms with Gasteiger partial charge in [-0.25, -0.2) is 4.39 Å². The molecule has 0 unspecified atom stereocenters. The number of nitro groups is 1. The molecular formula is C12H9FN2O3. The monoisotopic (exact) mass is 248 g/mol. The number of aromatic nitrogens is 1. The van der Waals surface area contributed by atoms with Crippen molar-refractivity contribution in [3.05, 3.63) is 74.4 Å². The summed E-state index contributed by atoms with van der Waals surface area (Å²) in [6.45, 7) is -0.0345. The molecule has 1 aromatic carbocycles. The van der Waals surface area contributed by atoms with E-state index in [9.17, 15) is 19.3 Å². The molecule has 0 bridgehead atoms. The van der Waals surface area contributed by atoms with Crippen molar-refractivity contribution in [3.63, 3.8) is 0 Å². The molecule has 2 rings (SSSR count). The van der Waals surface area contributed by atoms with Crippen molar-refractivity contribution in [2.45, 2.75) is 6.54 Å². The van der Waals surface area contributed by atoms with Crippen molar-refractivity contribution in [2.75, 3.05) is 0 Å². The molecule has 0 N–H and O–H groups in total. The van der Waals surface area contributed by atoms with E-state index in [1.807, 2.05) is 0 Å². The van der Waals surface area contributed by atoms with Gasteiger partial charge in [0.15, 0.2) is 0 Å². The number of hydrogen-bond donors (Lipinski definition) is 0. The standard InChI is InChI=1S/C12H9FN2O3/c13-10-5-2-1-4-9(10)8-14-7-3-6-11(12(14)16)15(17)18/h1-7H,8H2. The van der Waals surface area contributed by atoms with E-state index < -0.39 is 22.0 Å². The first-order valence-electron chi connectivity index (χ1n) is 5.17. The van der Waals surface area contributed by atoms with Crippen LogP contribution >= 0.6 is 0 Å². The van der Waals surface area contributed by atoms with Gasteiger partial charge in [-0.05, 0) is 12.1 Å². The highest BCUT2D eigenvalue weighted by Crippen LogP contribution is 2.09. The minimum absolute atomic E-state index is 0.0345. The molecule has 0 spiro atoms. The second-order valence-corrected chi connectivity index (χ2v) is 3.68. The number of hydrogen-bond acceptors (Lipinski definition) is 3. The Bertz CT molecular complexity index is 652. The minimum Gasteiger partial charge on any atom is -0.305 e. The Balaban J connectivity index is 2.42. The molecule has 0 radical (unpaired) electrons. The molecule has 0 aliphatic heterocycles. The van der Waals surface area contributed by atoms with Crippen molar-refractivity contribution in [3.8, 4) is 0 Å². The molecule has 6 heteroatoms. The molecule has 1 aromatic heterocycles. The maximum atomic E-state index is 13.4. The van der Waals surface area contributed by atoms with E-state index in [4.69, 9.17) is 0 Å². The van der Waals surface area contributed by atoms with Crippen LogP contribution in [0.5, 0.6) is 0 Å². The average molecular weight is 248 g/mol. The van der Waals surface area contributed by atoms with Gasteiger partial charge < -0.3 is 4.57 Å². The Labute approximate surface area is 101 Å². The van der Waals surface area contributed by atoms with Crippen LogP contribution in [0.15, 0.2) is 47.4 Å². The maximum Gasteiger partial charge on any atom is 0.334 e. The van der Waals surface area contributed by atoms with Gasteiger partial charge in [0.25, 0.3) is 0 Å². The summed E-state index contributed by atoms with van der Waals surface area (Å²) in [7, 11) is 0. The van der Waals surface area contributed by atoms with Gasteiger partial charge in [0.2, 0.25) is 0 Å². The number of rotatable bonds is 3. The van der Waals surface area contributed by atoms with Gasteiger partial charge in [-0.2, -0.15) is 0 Å². The highest BCUT2D eigenvalue weighted by atomic mass is 19.1. The number of pyridine rings is 1. The molecule has 0 saturated carbocycles. The Morgan fingerprint density at radius 1 is 1.22 bits per heavy atom. The summed E-state index contributed by atoms with van der Waals surface area (Å²) in [4.78, 5) is 21.6. The molecule has 92 valence electrons. The average Bonchev–Trinajstić information content (AvgIpc) is 2.34. The first-order valence-corrected chi connectivity index (χ1v) is 5.17. The van der Waals surface area contributed by atoms with Crippen LogP contribution in [0.4, 0.5) is 10.1 Å². The van der Waals surface area contributed by atoms with Crippen LogP contribution in [-0.4, -0.2) is 9.49 Å². The fourth-order valence-electron chi connectivity index (χ4n) is 1.60. The topological polar surface area (TPSA) is 65.1 Å². The molecule has 5 nitrogen and oxygen atoms in total. The summed E-state index contributed by atoms with van der Waals surface area (Å²) in [5.41, 5.74) is -0.959. The van der Waals surface area contributed by atoms with Gasteiger partial charge in [0.1, 0.15) is 5.82 Å². The van der Waals surface area contributed by atoms with Crippen molar-refractivity contribution in [2.24, 2.45) is 0 Å². The van der Waals surface area contributed by atoms with Crippen molar-refractivity contribution >= 4 is 5.69 Å². The van der Waals surface area contributed by atoms with Gasteiger partial charge in [0.05, 0.1) is 11.5 Å². The fourth-order valence-corrected chi connectivity index (χ4v) is 1.60. The SMILES string of the molecule is O=c1c([N+](=O)[O-])cccn1Cc1ccccc1F. The third-order valence-corrected chi connectivity index (χ3v) is 2.50. The quantitative estimate of drug-likeness (QED) is 0.616. The molecule has 0 aliphatic carbocycles. The number of benzene rings is 1. The van der Waals surface area contributed by atoms with E-state index in [2.05, 4.69) is 0 Å². The van der Waals surface area contributed by atoms with Crippen LogP contribution in [0, 0.1) is 15.9 Å². The third kappa shape index (κ3) is 2.27. The lowest BCUT2D eigenvalue weighted by Crippen LogP contribution is -2.22. The lowest BCUT2D eigenvalue weighted by molar-refractivity contribution is -0.386. The molecular weight excluding hydrogens is 239 g/mol. The molecule has 0 aliphatic rings. The summed E-state index contributed by atoms with van der Waals surface area (Å²) in [5.74, 6) is -0.448. The van der Waals surface area contributed by atoms with Crippen LogP contribution in [-0.2, 0) is 6.54 Å². The van der Waals surface area contributed by atoms with Gasteiger partial charge in [-0.1, -0.05) is 18.2 Å². The Morgan fingerprint density at radius 2 is 1.94 bits per heavy atom. The second kappa shape index (κ2) is 4.79. The van der Waals surface area contributed by atoms with Gasteiger partial charge in [-0.3, -0.25) is 14.9 Å². The van der Waals surface area contributed by atoms with E-state index >= 15 is 0 Å². The molecule has 2 aromatic rings. The predicted octanol–water partition coefficient (Wildman–Crippen LogP) is 1.94. The van der Waals surface area contributed by atoms with E-state index in [1.54, 1.807) is 6.07 Å². The summed E-state index contributed by atoms with van der Waals surface area (Å²) in [5, 5.41) is 10.6. The smallest absolute Gasteiger partial charge is 0.305 e. The van der Waals surface area contributed by atoms with Crippen molar-refractivity contribution in [1.29, 1.82) is 0 Å². The molecule has 0 saturated heterocycles. The molecule has 0 fully saturated rings. The zero-order valence-electron chi connectivity index (χ0n) is 9.25. The first-order chi connectivity index (χ1) is 8.59. The molecule has 0 atom stereocenters. The normalized spacial score (nSPS) is 10.3. The Kier molecular flexibility index (Phi) is 3.18. The minimum atomic E-state index is -0.750. The maximum absolute atomic E-state index is 13.4. The highest BCUT2D eigenvalue weighted by molar-refractivity contribution is 5.26. The Hall–Kier alpha value is -2.50. The van der Waals surface area contributed by atoms with Gasteiger partial charge in [0, 0.05) is 17.8 Å². The van der Waals surface area contributed by atoms with Crippen molar-refractivity contribution < 1.29 is 9.31 Å². The largest absolute Gasteiger partial charge is 0.334 e. The summed E-state index contributed by atoms with van der Waals surface area (Å²) >= 11 is 0. The van der Waals surface area contributed by atoms with E-state index in [0.29, 0.717) is 5.56 Å². The predicted molar refractivity (Wildman–Crippen MR) is 62.9 cm³/mol. The lowest BCUT2D eigenvalue weighted by Gasteiger charge is -2.06. The number of nitrogens with zero attached hydrogens (tertiary/aromatic N) is 2. The van der Waals surface area contributed by atoms with Crippen LogP contribution in [0.2, 0.25) is 0 Å². The van der Waals surface area contributed by atoms with Crippen LogP contribution in [0.25, 0.3) is 0 Å². The summed E-state index contributed by atoms with van der Waals surface area (Å²) < 4.78 is 14.5. The van der Waals surface area contributed by atoms with E-state index in [-0.39, 0.29) is 6.54 Å². The highest BCUT2D eigenvalue weighted by Gasteiger charge is 2.14. The third-order valence-electron chi connectivity index (χ3n) is 2.50. The van der Waals surface area contributed by atoms with Crippen molar-refractivity contribution in [1.82, 2.24) is 4.57 Å². The van der Waals surface area contributed by atoms with Crippen LogP contribution < -0.4 is 5.56 Å². The molecule has 18 heavy (non-hydrogen) atoms. The van der Waals surface area contributed by atoms with Gasteiger partial charge in [-0.15, -0.1) is 0 Å². The van der Waals surface area contributed by atoms with E-state index in [1.165, 1.54) is 30.5 Å². The first kappa shape index (κ1) is 12.0. The molecule has 1 heterocycles. The fraction of sp³-hybridized carbons (Fsp3) is 0.0833. The summed E-state index contributed by atoms with van der Waals surface area (Å²) in [6, 6.07) is 8.49. The molecule has 0 amide bonds.